The number of carbonyl (C=O) groups is 1. The predicted molar refractivity (Wildman–Crippen MR) is 105 cm³/mol. The first-order chi connectivity index (χ1) is 12.9. The lowest BCUT2D eigenvalue weighted by atomic mass is 10.1. The first kappa shape index (κ1) is 18.7. The molecule has 7 heteroatoms. The summed E-state index contributed by atoms with van der Waals surface area (Å²) in [6.07, 6.45) is 0. The Bertz CT molecular complexity index is 1030. The number of halogens is 1. The molecule has 0 aliphatic carbocycles. The molecular weight excluding hydrogens is 366 g/mol. The van der Waals surface area contributed by atoms with E-state index in [4.69, 9.17) is 16.3 Å². The molecule has 0 unspecified atom stereocenters. The smallest absolute Gasteiger partial charge is 0.271 e. The van der Waals surface area contributed by atoms with Crippen LogP contribution < -0.4 is 15.6 Å². The molecule has 0 spiro atoms. The van der Waals surface area contributed by atoms with Gasteiger partial charge in [-0.15, -0.1) is 5.10 Å². The number of aromatic nitrogens is 2. The first-order valence-corrected chi connectivity index (χ1v) is 8.66. The van der Waals surface area contributed by atoms with Crippen molar-refractivity contribution in [2.45, 2.75) is 13.8 Å². The van der Waals surface area contributed by atoms with E-state index < -0.39 is 0 Å². The second kappa shape index (κ2) is 8.05. The molecular formula is C20H18ClN3O3. The summed E-state index contributed by atoms with van der Waals surface area (Å²) in [5.41, 5.74) is 3.14. The van der Waals surface area contributed by atoms with Gasteiger partial charge in [0.25, 0.3) is 11.5 Å². The summed E-state index contributed by atoms with van der Waals surface area (Å²) in [5, 5.41) is 7.47. The van der Waals surface area contributed by atoms with Crippen LogP contribution in [-0.4, -0.2) is 22.3 Å². The number of amides is 1. The number of rotatable bonds is 5. The Balaban J connectivity index is 1.70. The fourth-order valence-electron chi connectivity index (χ4n) is 2.38. The van der Waals surface area contributed by atoms with Crippen LogP contribution in [0.4, 0.5) is 5.69 Å². The quantitative estimate of drug-likeness (QED) is 0.731. The Kier molecular flexibility index (Phi) is 5.57. The van der Waals surface area contributed by atoms with Crippen molar-refractivity contribution < 1.29 is 9.53 Å². The van der Waals surface area contributed by atoms with Crippen molar-refractivity contribution in [1.29, 1.82) is 0 Å². The zero-order valence-corrected chi connectivity index (χ0v) is 15.7. The molecule has 1 aromatic heterocycles. The zero-order chi connectivity index (χ0) is 19.4. The van der Waals surface area contributed by atoms with Gasteiger partial charge in [-0.05, 0) is 61.4 Å². The van der Waals surface area contributed by atoms with E-state index in [-0.39, 0.29) is 24.0 Å². The number of nitrogens with one attached hydrogen (secondary N) is 1. The third kappa shape index (κ3) is 4.74. The number of anilines is 1. The number of hydrogen-bond donors (Lipinski definition) is 1. The molecule has 1 heterocycles. The standard InChI is InChI=1S/C20H18ClN3O3/c1-13-3-8-17(11-14(13)2)24-20(26)10-9-19(23-24)27-12-18(25)22-16-6-4-15(21)5-7-16/h3-11H,12H2,1-2H3,(H,22,25). The molecule has 1 N–H and O–H groups in total. The van der Waals surface area contributed by atoms with E-state index in [0.29, 0.717) is 16.4 Å². The maximum Gasteiger partial charge on any atom is 0.271 e. The largest absolute Gasteiger partial charge is 0.467 e. The molecule has 1 amide bonds. The molecule has 0 saturated heterocycles. The molecule has 27 heavy (non-hydrogen) atoms. The minimum atomic E-state index is -0.344. The molecule has 0 atom stereocenters. The Labute approximate surface area is 161 Å². The maximum absolute atomic E-state index is 12.1. The number of carbonyl (C=O) groups excluding carboxylic acids is 1. The van der Waals surface area contributed by atoms with E-state index in [2.05, 4.69) is 10.4 Å². The van der Waals surface area contributed by atoms with Crippen LogP contribution in [0.3, 0.4) is 0 Å². The van der Waals surface area contributed by atoms with Crippen molar-refractivity contribution >= 4 is 23.2 Å². The highest BCUT2D eigenvalue weighted by Gasteiger charge is 2.08. The summed E-state index contributed by atoms with van der Waals surface area (Å²) in [7, 11) is 0. The summed E-state index contributed by atoms with van der Waals surface area (Å²) in [4.78, 5) is 24.1. The van der Waals surface area contributed by atoms with Crippen molar-refractivity contribution in [3.63, 3.8) is 0 Å². The van der Waals surface area contributed by atoms with E-state index in [9.17, 15) is 9.59 Å². The van der Waals surface area contributed by atoms with E-state index in [1.807, 2.05) is 32.0 Å². The number of benzene rings is 2. The third-order valence-electron chi connectivity index (χ3n) is 3.99. The van der Waals surface area contributed by atoms with Crippen LogP contribution in [0.25, 0.3) is 5.69 Å². The minimum Gasteiger partial charge on any atom is -0.467 e. The zero-order valence-electron chi connectivity index (χ0n) is 14.9. The summed E-state index contributed by atoms with van der Waals surface area (Å²) >= 11 is 5.81. The van der Waals surface area contributed by atoms with Crippen LogP contribution in [0.2, 0.25) is 5.02 Å². The Morgan fingerprint density at radius 3 is 2.52 bits per heavy atom. The van der Waals surface area contributed by atoms with Gasteiger partial charge in [0, 0.05) is 22.8 Å². The maximum atomic E-state index is 12.1. The van der Waals surface area contributed by atoms with Gasteiger partial charge in [0.05, 0.1) is 5.69 Å². The summed E-state index contributed by atoms with van der Waals surface area (Å²) in [6, 6.07) is 15.2. The monoisotopic (exact) mass is 383 g/mol. The fourth-order valence-corrected chi connectivity index (χ4v) is 2.51. The van der Waals surface area contributed by atoms with Crippen LogP contribution >= 0.6 is 11.6 Å². The second-order valence-electron chi connectivity index (χ2n) is 6.03. The lowest BCUT2D eigenvalue weighted by molar-refractivity contribution is -0.118. The fraction of sp³-hybridized carbons (Fsp3) is 0.150. The lowest BCUT2D eigenvalue weighted by Crippen LogP contribution is -2.23. The minimum absolute atomic E-state index is 0.180. The summed E-state index contributed by atoms with van der Waals surface area (Å²) < 4.78 is 6.67. The predicted octanol–water partition coefficient (Wildman–Crippen LogP) is 3.52. The molecule has 3 rings (SSSR count). The molecule has 0 fully saturated rings. The van der Waals surface area contributed by atoms with E-state index in [0.717, 1.165) is 11.1 Å². The molecule has 0 aliphatic rings. The van der Waals surface area contributed by atoms with E-state index >= 15 is 0 Å². The van der Waals surface area contributed by atoms with Crippen LogP contribution in [0.1, 0.15) is 11.1 Å². The van der Waals surface area contributed by atoms with Crippen LogP contribution in [0, 0.1) is 13.8 Å². The van der Waals surface area contributed by atoms with Crippen molar-refractivity contribution in [3.8, 4) is 11.6 Å². The van der Waals surface area contributed by atoms with Crippen LogP contribution in [0.15, 0.2) is 59.4 Å². The molecule has 3 aromatic rings. The Morgan fingerprint density at radius 1 is 1.07 bits per heavy atom. The van der Waals surface area contributed by atoms with Crippen LogP contribution in [0.5, 0.6) is 5.88 Å². The molecule has 6 nitrogen and oxygen atoms in total. The normalized spacial score (nSPS) is 10.5. The van der Waals surface area contributed by atoms with Crippen LogP contribution in [-0.2, 0) is 4.79 Å². The number of nitrogens with zero attached hydrogens (tertiary/aromatic N) is 2. The van der Waals surface area contributed by atoms with Gasteiger partial charge in [0.2, 0.25) is 5.88 Å². The molecule has 0 radical (unpaired) electrons. The van der Waals surface area contributed by atoms with E-state index in [1.54, 1.807) is 24.3 Å². The molecule has 0 aliphatic heterocycles. The average molecular weight is 384 g/mol. The highest BCUT2D eigenvalue weighted by Crippen LogP contribution is 2.14. The Morgan fingerprint density at radius 2 is 1.81 bits per heavy atom. The van der Waals surface area contributed by atoms with Gasteiger partial charge in [-0.3, -0.25) is 9.59 Å². The Hall–Kier alpha value is -3.12. The van der Waals surface area contributed by atoms with Gasteiger partial charge in [0.1, 0.15) is 0 Å². The topological polar surface area (TPSA) is 73.2 Å². The van der Waals surface area contributed by atoms with Gasteiger partial charge in [-0.1, -0.05) is 17.7 Å². The second-order valence-corrected chi connectivity index (χ2v) is 6.47. The lowest BCUT2D eigenvalue weighted by Gasteiger charge is -2.10. The highest BCUT2D eigenvalue weighted by atomic mass is 35.5. The average Bonchev–Trinajstić information content (AvgIpc) is 2.65. The van der Waals surface area contributed by atoms with E-state index in [1.165, 1.54) is 16.8 Å². The van der Waals surface area contributed by atoms with Crippen molar-refractivity contribution in [3.05, 3.63) is 81.1 Å². The molecule has 138 valence electrons. The van der Waals surface area contributed by atoms with Gasteiger partial charge in [0.15, 0.2) is 6.61 Å². The molecule has 0 saturated carbocycles. The first-order valence-electron chi connectivity index (χ1n) is 8.28. The summed E-state index contributed by atoms with van der Waals surface area (Å²) in [6.45, 7) is 3.72. The van der Waals surface area contributed by atoms with Gasteiger partial charge >= 0.3 is 0 Å². The van der Waals surface area contributed by atoms with Gasteiger partial charge in [-0.25, -0.2) is 0 Å². The van der Waals surface area contributed by atoms with Gasteiger partial charge in [-0.2, -0.15) is 4.68 Å². The third-order valence-corrected chi connectivity index (χ3v) is 4.24. The summed E-state index contributed by atoms with van der Waals surface area (Å²) in [5.74, 6) is -0.165. The van der Waals surface area contributed by atoms with Crippen molar-refractivity contribution in [2.24, 2.45) is 0 Å². The molecule has 0 bridgehead atoms. The highest BCUT2D eigenvalue weighted by molar-refractivity contribution is 6.30. The SMILES string of the molecule is Cc1ccc(-n2nc(OCC(=O)Nc3ccc(Cl)cc3)ccc2=O)cc1C. The van der Waals surface area contributed by atoms with Gasteiger partial charge < -0.3 is 10.1 Å². The van der Waals surface area contributed by atoms with Crippen molar-refractivity contribution in [1.82, 2.24) is 9.78 Å². The van der Waals surface area contributed by atoms with Crippen molar-refractivity contribution in [2.75, 3.05) is 11.9 Å². The number of ether oxygens (including phenoxy) is 1. The number of aryl methyl sites for hydroxylation is 2. The molecule has 2 aromatic carbocycles. The number of hydrogen-bond acceptors (Lipinski definition) is 4.